The van der Waals surface area contributed by atoms with Gasteiger partial charge in [0, 0.05) is 11.1 Å². The van der Waals surface area contributed by atoms with Crippen LogP contribution in [0.3, 0.4) is 0 Å². The molecule has 1 aromatic heterocycles. The fourth-order valence-corrected chi connectivity index (χ4v) is 2.78. The molecular weight excluding hydrogens is 268 g/mol. The molecule has 2 unspecified atom stereocenters. The topological polar surface area (TPSA) is 52.0 Å². The maximum absolute atomic E-state index is 6.04. The summed E-state index contributed by atoms with van der Waals surface area (Å²) < 4.78 is 5.36. The molecule has 0 saturated heterocycles. The second-order valence-electron chi connectivity index (χ2n) is 4.20. The monoisotopic (exact) mass is 282 g/mol. The second kappa shape index (κ2) is 5.78. The van der Waals surface area contributed by atoms with Crippen molar-refractivity contribution in [2.75, 3.05) is 0 Å². The van der Waals surface area contributed by atoms with Crippen LogP contribution >= 0.6 is 23.4 Å². The van der Waals surface area contributed by atoms with Crippen LogP contribution in [0.15, 0.2) is 40.2 Å². The number of nitrogens with two attached hydrogens (primary N) is 1. The minimum atomic E-state index is -0.0108. The molecular formula is C13H15ClN2OS. The number of halogens is 1. The van der Waals surface area contributed by atoms with Gasteiger partial charge in [0.1, 0.15) is 6.26 Å². The summed E-state index contributed by atoms with van der Waals surface area (Å²) in [6, 6.07) is 7.70. The Bertz CT molecular complexity index is 510. The van der Waals surface area contributed by atoms with Crippen molar-refractivity contribution < 1.29 is 4.42 Å². The Morgan fingerprint density at radius 2 is 2.00 bits per heavy atom. The van der Waals surface area contributed by atoms with Gasteiger partial charge in [0.2, 0.25) is 0 Å². The third-order valence-corrected chi connectivity index (χ3v) is 4.10. The van der Waals surface area contributed by atoms with Crippen LogP contribution in [0.5, 0.6) is 0 Å². The first kappa shape index (κ1) is 13.5. The second-order valence-corrected chi connectivity index (χ2v) is 5.73. The SMILES string of the molecule is Cc1coc(SC(c2ccc(Cl)cc2)C(C)N)n1. The van der Waals surface area contributed by atoms with Crippen molar-refractivity contribution in [2.45, 2.75) is 30.4 Å². The molecule has 18 heavy (non-hydrogen) atoms. The van der Waals surface area contributed by atoms with E-state index >= 15 is 0 Å². The molecule has 0 bridgehead atoms. The van der Waals surface area contributed by atoms with Crippen molar-refractivity contribution in [3.8, 4) is 0 Å². The van der Waals surface area contributed by atoms with Crippen molar-refractivity contribution in [1.82, 2.24) is 4.98 Å². The molecule has 0 amide bonds. The quantitative estimate of drug-likeness (QED) is 0.866. The third kappa shape index (κ3) is 3.28. The molecule has 0 aliphatic heterocycles. The number of thioether (sulfide) groups is 1. The number of benzene rings is 1. The fraction of sp³-hybridized carbons (Fsp3) is 0.308. The van der Waals surface area contributed by atoms with Crippen molar-refractivity contribution >= 4 is 23.4 Å². The fourth-order valence-electron chi connectivity index (χ4n) is 1.63. The minimum absolute atomic E-state index is 0.0108. The Morgan fingerprint density at radius 1 is 1.33 bits per heavy atom. The van der Waals surface area contributed by atoms with E-state index in [-0.39, 0.29) is 11.3 Å². The smallest absolute Gasteiger partial charge is 0.256 e. The molecule has 2 aromatic rings. The van der Waals surface area contributed by atoms with Crippen LogP contribution in [0.25, 0.3) is 0 Å². The van der Waals surface area contributed by atoms with E-state index < -0.39 is 0 Å². The lowest BCUT2D eigenvalue weighted by Crippen LogP contribution is -2.22. The van der Waals surface area contributed by atoms with Gasteiger partial charge >= 0.3 is 0 Å². The molecule has 2 atom stereocenters. The number of aryl methyl sites for hydroxylation is 1. The predicted octanol–water partition coefficient (Wildman–Crippen LogP) is 3.82. The van der Waals surface area contributed by atoms with Gasteiger partial charge in [-0.2, -0.15) is 0 Å². The number of nitrogens with zero attached hydrogens (tertiary/aromatic N) is 1. The maximum atomic E-state index is 6.04. The summed E-state index contributed by atoms with van der Waals surface area (Å²) >= 11 is 7.42. The molecule has 1 aromatic carbocycles. The molecule has 3 nitrogen and oxygen atoms in total. The Balaban J connectivity index is 2.20. The van der Waals surface area contributed by atoms with E-state index in [1.807, 2.05) is 38.1 Å². The third-order valence-electron chi connectivity index (χ3n) is 2.50. The predicted molar refractivity (Wildman–Crippen MR) is 74.9 cm³/mol. The Labute approximate surface area is 116 Å². The largest absolute Gasteiger partial charge is 0.440 e. The zero-order valence-electron chi connectivity index (χ0n) is 10.3. The highest BCUT2D eigenvalue weighted by molar-refractivity contribution is 7.99. The van der Waals surface area contributed by atoms with Gasteiger partial charge in [0.15, 0.2) is 0 Å². The highest BCUT2D eigenvalue weighted by atomic mass is 35.5. The number of rotatable bonds is 4. The summed E-state index contributed by atoms with van der Waals surface area (Å²) in [6.07, 6.45) is 1.64. The summed E-state index contributed by atoms with van der Waals surface area (Å²) in [6.45, 7) is 3.87. The van der Waals surface area contributed by atoms with E-state index in [4.69, 9.17) is 21.8 Å². The summed E-state index contributed by atoms with van der Waals surface area (Å²) in [7, 11) is 0. The summed E-state index contributed by atoms with van der Waals surface area (Å²) in [4.78, 5) is 4.29. The summed E-state index contributed by atoms with van der Waals surface area (Å²) in [5.41, 5.74) is 8.03. The lowest BCUT2D eigenvalue weighted by Gasteiger charge is -2.18. The highest BCUT2D eigenvalue weighted by Crippen LogP contribution is 2.36. The van der Waals surface area contributed by atoms with Gasteiger partial charge in [-0.05, 0) is 31.5 Å². The summed E-state index contributed by atoms with van der Waals surface area (Å²) in [5, 5.41) is 1.46. The average Bonchev–Trinajstić information content (AvgIpc) is 2.73. The molecule has 96 valence electrons. The van der Waals surface area contributed by atoms with E-state index in [1.54, 1.807) is 6.26 Å². The van der Waals surface area contributed by atoms with E-state index in [9.17, 15) is 0 Å². The lowest BCUT2D eigenvalue weighted by atomic mass is 10.1. The zero-order chi connectivity index (χ0) is 13.1. The van der Waals surface area contributed by atoms with Crippen molar-refractivity contribution in [3.05, 3.63) is 46.8 Å². The van der Waals surface area contributed by atoms with Gasteiger partial charge in [-0.3, -0.25) is 0 Å². The first-order valence-corrected chi connectivity index (χ1v) is 6.92. The first-order valence-electron chi connectivity index (χ1n) is 5.66. The van der Waals surface area contributed by atoms with Gasteiger partial charge in [-0.1, -0.05) is 35.5 Å². The Kier molecular flexibility index (Phi) is 4.32. The standard InChI is InChI=1S/C13H15ClN2OS/c1-8-7-17-13(16-8)18-12(9(2)15)10-3-5-11(14)6-4-10/h3-7,9,12H,15H2,1-2H3. The van der Waals surface area contributed by atoms with Gasteiger partial charge in [0.05, 0.1) is 10.9 Å². The van der Waals surface area contributed by atoms with E-state index in [2.05, 4.69) is 4.98 Å². The summed E-state index contributed by atoms with van der Waals surface area (Å²) in [5.74, 6) is 0. The number of aromatic nitrogens is 1. The van der Waals surface area contributed by atoms with Gasteiger partial charge in [-0.25, -0.2) is 4.98 Å². The molecule has 2 N–H and O–H groups in total. The van der Waals surface area contributed by atoms with Crippen LogP contribution in [0.1, 0.15) is 23.4 Å². The van der Waals surface area contributed by atoms with Crippen molar-refractivity contribution in [2.24, 2.45) is 5.73 Å². The normalized spacial score (nSPS) is 14.4. The molecule has 0 spiro atoms. The molecule has 2 rings (SSSR count). The van der Waals surface area contributed by atoms with Gasteiger partial charge < -0.3 is 10.2 Å². The number of hydrogen-bond acceptors (Lipinski definition) is 4. The number of hydrogen-bond donors (Lipinski definition) is 1. The minimum Gasteiger partial charge on any atom is -0.440 e. The molecule has 0 radical (unpaired) electrons. The van der Waals surface area contributed by atoms with Crippen LogP contribution < -0.4 is 5.73 Å². The van der Waals surface area contributed by atoms with Gasteiger partial charge in [0.25, 0.3) is 5.22 Å². The van der Waals surface area contributed by atoms with E-state index in [0.29, 0.717) is 5.22 Å². The molecule has 0 aliphatic rings. The molecule has 0 aliphatic carbocycles. The van der Waals surface area contributed by atoms with Crippen LogP contribution in [-0.4, -0.2) is 11.0 Å². The zero-order valence-corrected chi connectivity index (χ0v) is 11.8. The van der Waals surface area contributed by atoms with Crippen LogP contribution in [0.2, 0.25) is 5.02 Å². The Hall–Kier alpha value is -0.970. The molecule has 1 heterocycles. The Morgan fingerprint density at radius 3 is 2.50 bits per heavy atom. The van der Waals surface area contributed by atoms with E-state index in [1.165, 1.54) is 11.8 Å². The van der Waals surface area contributed by atoms with E-state index in [0.717, 1.165) is 16.3 Å². The van der Waals surface area contributed by atoms with Gasteiger partial charge in [-0.15, -0.1) is 0 Å². The van der Waals surface area contributed by atoms with Crippen LogP contribution in [-0.2, 0) is 0 Å². The number of oxazole rings is 1. The molecule has 0 fully saturated rings. The first-order chi connectivity index (χ1) is 8.56. The lowest BCUT2D eigenvalue weighted by molar-refractivity contribution is 0.452. The maximum Gasteiger partial charge on any atom is 0.256 e. The van der Waals surface area contributed by atoms with Crippen LogP contribution in [0.4, 0.5) is 0 Å². The molecule has 0 saturated carbocycles. The van der Waals surface area contributed by atoms with Crippen LogP contribution in [0, 0.1) is 6.92 Å². The molecule has 5 heteroatoms. The van der Waals surface area contributed by atoms with Crippen molar-refractivity contribution in [1.29, 1.82) is 0 Å². The van der Waals surface area contributed by atoms with Crippen molar-refractivity contribution in [3.63, 3.8) is 0 Å². The highest BCUT2D eigenvalue weighted by Gasteiger charge is 2.20. The average molecular weight is 283 g/mol.